The molecule has 4 rings (SSSR count). The molecular formula is C32H25ClFN3O4S. The number of Topliss-reactive ketones (excluding diaryl/α,β-unsaturated/α-hetero) is 1. The van der Waals surface area contributed by atoms with Crippen molar-refractivity contribution in [3.8, 4) is 0 Å². The maximum atomic E-state index is 14.5. The van der Waals surface area contributed by atoms with Crippen LogP contribution >= 0.6 is 23.4 Å². The van der Waals surface area contributed by atoms with Crippen LogP contribution in [0.25, 0.3) is 6.08 Å². The van der Waals surface area contributed by atoms with E-state index in [0.717, 1.165) is 0 Å². The number of carbonyl (C=O) groups excluding carboxylic acids is 4. The Balaban J connectivity index is 1.46. The second-order valence-corrected chi connectivity index (χ2v) is 10.4. The molecule has 0 aliphatic heterocycles. The van der Waals surface area contributed by atoms with Crippen LogP contribution in [-0.2, 0) is 9.59 Å². The molecule has 0 fully saturated rings. The first-order chi connectivity index (χ1) is 20.2. The predicted octanol–water partition coefficient (Wildman–Crippen LogP) is 6.82. The van der Waals surface area contributed by atoms with Gasteiger partial charge in [0.2, 0.25) is 5.91 Å². The van der Waals surface area contributed by atoms with Crippen molar-refractivity contribution in [2.24, 2.45) is 0 Å². The summed E-state index contributed by atoms with van der Waals surface area (Å²) in [7, 11) is 0. The lowest BCUT2D eigenvalue weighted by molar-refractivity contribution is -0.114. The van der Waals surface area contributed by atoms with Crippen LogP contribution in [0.1, 0.15) is 33.2 Å². The molecule has 10 heteroatoms. The first-order valence-corrected chi connectivity index (χ1v) is 14.0. The number of amides is 3. The highest BCUT2D eigenvalue weighted by molar-refractivity contribution is 8.00. The molecule has 212 valence electrons. The smallest absolute Gasteiger partial charge is 0.272 e. The number of carbonyl (C=O) groups is 4. The molecule has 0 spiro atoms. The summed E-state index contributed by atoms with van der Waals surface area (Å²) >= 11 is 7.42. The van der Waals surface area contributed by atoms with Gasteiger partial charge in [0.1, 0.15) is 11.5 Å². The Morgan fingerprint density at radius 2 is 1.52 bits per heavy atom. The highest BCUT2D eigenvalue weighted by Crippen LogP contribution is 2.24. The lowest BCUT2D eigenvalue weighted by Crippen LogP contribution is -2.30. The summed E-state index contributed by atoms with van der Waals surface area (Å²) in [6, 6.07) is 25.8. The van der Waals surface area contributed by atoms with E-state index in [0.29, 0.717) is 27.4 Å². The molecule has 3 amide bonds. The molecule has 0 aliphatic rings. The third kappa shape index (κ3) is 8.39. The van der Waals surface area contributed by atoms with Crippen LogP contribution in [0.15, 0.2) is 108 Å². The number of benzene rings is 4. The maximum Gasteiger partial charge on any atom is 0.272 e. The number of hydrogen-bond donors (Lipinski definition) is 3. The summed E-state index contributed by atoms with van der Waals surface area (Å²) in [6.45, 7) is 1.47. The average molecular weight is 602 g/mol. The number of halogens is 2. The lowest BCUT2D eigenvalue weighted by Gasteiger charge is -2.13. The summed E-state index contributed by atoms with van der Waals surface area (Å²) in [5.74, 6) is -2.14. The maximum absolute atomic E-state index is 14.5. The highest BCUT2D eigenvalue weighted by Gasteiger charge is 2.17. The minimum atomic E-state index is -0.701. The highest BCUT2D eigenvalue weighted by atomic mass is 35.5. The fraction of sp³-hybridized carbons (Fsp3) is 0.0625. The van der Waals surface area contributed by atoms with E-state index in [-0.39, 0.29) is 33.7 Å². The molecule has 42 heavy (non-hydrogen) atoms. The van der Waals surface area contributed by atoms with Crippen molar-refractivity contribution >= 4 is 64.3 Å². The molecule has 0 saturated heterocycles. The van der Waals surface area contributed by atoms with E-state index < -0.39 is 17.6 Å². The van der Waals surface area contributed by atoms with E-state index in [1.807, 2.05) is 0 Å². The second kappa shape index (κ2) is 14.2. The average Bonchev–Trinajstić information content (AvgIpc) is 2.98. The Morgan fingerprint density at radius 1 is 0.810 bits per heavy atom. The predicted molar refractivity (Wildman–Crippen MR) is 164 cm³/mol. The van der Waals surface area contributed by atoms with Crippen molar-refractivity contribution in [2.45, 2.75) is 11.8 Å². The van der Waals surface area contributed by atoms with E-state index in [1.165, 1.54) is 43.0 Å². The van der Waals surface area contributed by atoms with Gasteiger partial charge >= 0.3 is 0 Å². The van der Waals surface area contributed by atoms with Crippen molar-refractivity contribution < 1.29 is 23.6 Å². The Kier molecular flexibility index (Phi) is 10.3. The quantitative estimate of drug-likeness (QED) is 0.105. The van der Waals surface area contributed by atoms with Crippen molar-refractivity contribution in [1.29, 1.82) is 0 Å². The van der Waals surface area contributed by atoms with Gasteiger partial charge in [-0.25, -0.2) is 4.39 Å². The van der Waals surface area contributed by atoms with Crippen molar-refractivity contribution in [3.63, 3.8) is 0 Å². The molecule has 3 N–H and O–H groups in total. The molecule has 4 aromatic carbocycles. The van der Waals surface area contributed by atoms with Crippen LogP contribution in [-0.4, -0.2) is 29.3 Å². The van der Waals surface area contributed by atoms with Crippen molar-refractivity contribution in [1.82, 2.24) is 5.32 Å². The van der Waals surface area contributed by atoms with E-state index in [9.17, 15) is 23.6 Å². The Labute approximate surface area is 251 Å². The molecule has 0 atom stereocenters. The minimum Gasteiger partial charge on any atom is -0.325 e. The summed E-state index contributed by atoms with van der Waals surface area (Å²) < 4.78 is 14.5. The van der Waals surface area contributed by atoms with Crippen LogP contribution < -0.4 is 16.0 Å². The summed E-state index contributed by atoms with van der Waals surface area (Å²) in [5.41, 5.74) is 1.55. The largest absolute Gasteiger partial charge is 0.325 e. The first kappa shape index (κ1) is 30.2. The zero-order valence-electron chi connectivity index (χ0n) is 22.3. The molecule has 0 aromatic heterocycles. The van der Waals surface area contributed by atoms with Gasteiger partial charge in [-0.3, -0.25) is 19.2 Å². The lowest BCUT2D eigenvalue weighted by atomic mass is 10.1. The molecule has 4 aromatic rings. The van der Waals surface area contributed by atoms with Gasteiger partial charge in [-0.2, -0.15) is 0 Å². The van der Waals surface area contributed by atoms with Gasteiger partial charge in [-0.1, -0.05) is 41.9 Å². The van der Waals surface area contributed by atoms with E-state index in [1.54, 1.807) is 78.9 Å². The fourth-order valence-corrected chi connectivity index (χ4v) is 4.70. The van der Waals surface area contributed by atoms with Gasteiger partial charge in [0.05, 0.1) is 10.8 Å². The van der Waals surface area contributed by atoms with E-state index in [4.69, 9.17) is 11.6 Å². The van der Waals surface area contributed by atoms with Gasteiger partial charge < -0.3 is 16.0 Å². The van der Waals surface area contributed by atoms with Gasteiger partial charge in [-0.05, 0) is 79.7 Å². The molecule has 0 heterocycles. The molecular weight excluding hydrogens is 577 g/mol. The Bertz CT molecular complexity index is 1640. The molecule has 0 radical (unpaired) electrons. The van der Waals surface area contributed by atoms with E-state index in [2.05, 4.69) is 16.0 Å². The van der Waals surface area contributed by atoms with Gasteiger partial charge in [-0.15, -0.1) is 11.8 Å². The minimum absolute atomic E-state index is 0.0519. The topological polar surface area (TPSA) is 104 Å². The molecule has 0 saturated carbocycles. The normalized spacial score (nSPS) is 11.0. The number of hydrogen-bond acceptors (Lipinski definition) is 5. The number of ketones is 1. The summed E-state index contributed by atoms with van der Waals surface area (Å²) in [5, 5.41) is 8.11. The SMILES string of the molecule is CC(=O)c1ccc(NC(=O)CSc2cccc(NC(=O)/C(=C\c3c(F)cccc3Cl)NC(=O)c3ccccc3)c2)cc1. The number of rotatable bonds is 10. The van der Waals surface area contributed by atoms with Crippen LogP contribution in [0, 0.1) is 5.82 Å². The van der Waals surface area contributed by atoms with Gasteiger partial charge in [0, 0.05) is 33.0 Å². The van der Waals surface area contributed by atoms with Crippen molar-refractivity contribution in [2.75, 3.05) is 16.4 Å². The molecule has 7 nitrogen and oxygen atoms in total. The van der Waals surface area contributed by atoms with E-state index >= 15 is 0 Å². The summed E-state index contributed by atoms with van der Waals surface area (Å²) in [6.07, 6.45) is 1.18. The standard InChI is InChI=1S/C32H25ClFN3O4S/c1-20(38)21-13-15-23(16-14-21)35-30(39)19-42-25-10-5-9-24(17-25)36-32(41)29(18-26-27(33)11-6-12-28(26)34)37-31(40)22-7-3-2-4-8-22/h2-18H,19H2,1H3,(H,35,39)(H,36,41)(H,37,40)/b29-18+. The molecule has 0 aliphatic carbocycles. The Morgan fingerprint density at radius 3 is 2.21 bits per heavy atom. The van der Waals surface area contributed by atoms with Crippen LogP contribution in [0.3, 0.4) is 0 Å². The third-order valence-electron chi connectivity index (χ3n) is 5.85. The second-order valence-electron chi connectivity index (χ2n) is 8.97. The van der Waals surface area contributed by atoms with Crippen LogP contribution in [0.2, 0.25) is 5.02 Å². The zero-order valence-corrected chi connectivity index (χ0v) is 23.9. The Hall–Kier alpha value is -4.73. The fourth-order valence-electron chi connectivity index (χ4n) is 3.73. The molecule has 0 unspecified atom stereocenters. The van der Waals surface area contributed by atoms with Crippen molar-refractivity contribution in [3.05, 3.63) is 130 Å². The zero-order chi connectivity index (χ0) is 30.1. The first-order valence-electron chi connectivity index (χ1n) is 12.7. The number of nitrogens with one attached hydrogen (secondary N) is 3. The van der Waals surface area contributed by atoms with Crippen LogP contribution in [0.4, 0.5) is 15.8 Å². The number of anilines is 2. The number of thioether (sulfide) groups is 1. The monoisotopic (exact) mass is 601 g/mol. The van der Waals surface area contributed by atoms with Gasteiger partial charge in [0.15, 0.2) is 5.78 Å². The summed E-state index contributed by atoms with van der Waals surface area (Å²) in [4.78, 5) is 50.7. The van der Waals surface area contributed by atoms with Gasteiger partial charge in [0.25, 0.3) is 11.8 Å². The van der Waals surface area contributed by atoms with Crippen LogP contribution in [0.5, 0.6) is 0 Å². The molecule has 0 bridgehead atoms. The third-order valence-corrected chi connectivity index (χ3v) is 7.18.